The number of guanidine groups is 1. The molecule has 1 aromatic heterocycles. The number of nitrogens with two attached hydrogens (primary N) is 1. The summed E-state index contributed by atoms with van der Waals surface area (Å²) in [6.07, 6.45) is 1.82. The van der Waals surface area contributed by atoms with E-state index < -0.39 is 5.91 Å². The van der Waals surface area contributed by atoms with Gasteiger partial charge >= 0.3 is 0 Å². The average molecular weight is 387 g/mol. The molecule has 0 radical (unpaired) electrons. The monoisotopic (exact) mass is 386 g/mol. The van der Waals surface area contributed by atoms with Gasteiger partial charge in [-0.05, 0) is 50.5 Å². The fraction of sp³-hybridized carbons (Fsp3) is 0.450. The van der Waals surface area contributed by atoms with Crippen LogP contribution >= 0.6 is 0 Å². The Morgan fingerprint density at radius 2 is 1.93 bits per heavy atom. The first-order valence-electron chi connectivity index (χ1n) is 9.43. The van der Waals surface area contributed by atoms with Crippen molar-refractivity contribution in [3.05, 3.63) is 47.3 Å². The molecule has 0 fully saturated rings. The topological polar surface area (TPSA) is 107 Å². The molecule has 1 aromatic carbocycles. The summed E-state index contributed by atoms with van der Waals surface area (Å²) in [5, 5.41) is 11.1. The van der Waals surface area contributed by atoms with Gasteiger partial charge in [-0.3, -0.25) is 14.5 Å². The molecule has 152 valence electrons. The van der Waals surface area contributed by atoms with Gasteiger partial charge in [0.2, 0.25) is 0 Å². The summed E-state index contributed by atoms with van der Waals surface area (Å²) in [5.41, 5.74) is 8.47. The lowest BCUT2D eigenvalue weighted by atomic mass is 10.1. The third-order valence-corrected chi connectivity index (χ3v) is 4.18. The number of nitrogens with one attached hydrogen (secondary N) is 2. The van der Waals surface area contributed by atoms with Gasteiger partial charge in [0.05, 0.1) is 5.69 Å². The summed E-state index contributed by atoms with van der Waals surface area (Å²) in [5.74, 6) is 0.937. The van der Waals surface area contributed by atoms with Gasteiger partial charge in [0.25, 0.3) is 5.91 Å². The Balaban J connectivity index is 1.65. The largest absolute Gasteiger partial charge is 0.484 e. The molecule has 28 heavy (non-hydrogen) atoms. The first-order chi connectivity index (χ1) is 13.5. The maximum atomic E-state index is 10.7. The Bertz CT molecular complexity index is 782. The standard InChI is InChI=1S/C20H30N6O2/c1-15-13-16(2)26(25-15)12-4-10-23-20(22-3)24-11-9-17-5-7-18(8-6-17)28-14-19(21)27/h5-8,13H,4,9-12,14H2,1-3H3,(H2,21,27)(H2,22,23,24). The highest BCUT2D eigenvalue weighted by molar-refractivity contribution is 5.79. The fourth-order valence-electron chi connectivity index (χ4n) is 2.79. The Labute approximate surface area is 166 Å². The van der Waals surface area contributed by atoms with Crippen LogP contribution in [0.3, 0.4) is 0 Å². The second-order valence-electron chi connectivity index (χ2n) is 6.58. The van der Waals surface area contributed by atoms with E-state index in [1.807, 2.05) is 35.9 Å². The van der Waals surface area contributed by atoms with Crippen molar-refractivity contribution in [2.75, 3.05) is 26.7 Å². The van der Waals surface area contributed by atoms with Crippen molar-refractivity contribution >= 4 is 11.9 Å². The molecule has 1 amide bonds. The van der Waals surface area contributed by atoms with Crippen LogP contribution in [0.1, 0.15) is 23.4 Å². The number of aliphatic imine (C=N–C) groups is 1. The number of amides is 1. The van der Waals surface area contributed by atoms with E-state index in [-0.39, 0.29) is 6.61 Å². The molecule has 2 rings (SSSR count). The Morgan fingerprint density at radius 1 is 1.21 bits per heavy atom. The van der Waals surface area contributed by atoms with Gasteiger partial charge in [-0.2, -0.15) is 5.10 Å². The molecule has 0 bridgehead atoms. The minimum atomic E-state index is -0.484. The number of hydrogen-bond acceptors (Lipinski definition) is 4. The van der Waals surface area contributed by atoms with Gasteiger partial charge in [0.1, 0.15) is 5.75 Å². The summed E-state index contributed by atoms with van der Waals surface area (Å²) in [6, 6.07) is 9.71. The molecule has 0 unspecified atom stereocenters. The fourth-order valence-corrected chi connectivity index (χ4v) is 2.79. The van der Waals surface area contributed by atoms with Crippen LogP contribution in [-0.4, -0.2) is 48.4 Å². The second-order valence-corrected chi connectivity index (χ2v) is 6.58. The summed E-state index contributed by atoms with van der Waals surface area (Å²) < 4.78 is 7.28. The Morgan fingerprint density at radius 3 is 2.54 bits per heavy atom. The van der Waals surface area contributed by atoms with Crippen molar-refractivity contribution in [2.24, 2.45) is 10.7 Å². The van der Waals surface area contributed by atoms with Crippen LogP contribution in [0.15, 0.2) is 35.3 Å². The number of carbonyl (C=O) groups excluding carboxylic acids is 1. The van der Waals surface area contributed by atoms with Gasteiger partial charge in [-0.25, -0.2) is 0 Å². The van der Waals surface area contributed by atoms with E-state index in [4.69, 9.17) is 10.5 Å². The van der Waals surface area contributed by atoms with Crippen molar-refractivity contribution in [2.45, 2.75) is 33.2 Å². The molecule has 0 aliphatic heterocycles. The molecule has 0 aliphatic rings. The molecular formula is C20H30N6O2. The smallest absolute Gasteiger partial charge is 0.255 e. The van der Waals surface area contributed by atoms with Crippen molar-refractivity contribution < 1.29 is 9.53 Å². The number of carbonyl (C=O) groups is 1. The third kappa shape index (κ3) is 7.30. The number of aromatic nitrogens is 2. The number of nitrogens with zero attached hydrogens (tertiary/aromatic N) is 3. The van der Waals surface area contributed by atoms with E-state index in [9.17, 15) is 4.79 Å². The van der Waals surface area contributed by atoms with Crippen LogP contribution in [-0.2, 0) is 17.8 Å². The third-order valence-electron chi connectivity index (χ3n) is 4.18. The van der Waals surface area contributed by atoms with Gasteiger partial charge in [0, 0.05) is 32.4 Å². The molecule has 0 saturated carbocycles. The number of primary amides is 1. The van der Waals surface area contributed by atoms with Crippen LogP contribution < -0.4 is 21.1 Å². The second kappa shape index (κ2) is 11.0. The van der Waals surface area contributed by atoms with Gasteiger partial charge in [0.15, 0.2) is 12.6 Å². The molecule has 0 saturated heterocycles. The average Bonchev–Trinajstić information content (AvgIpc) is 3.00. The van der Waals surface area contributed by atoms with Crippen LogP contribution in [0.4, 0.5) is 0 Å². The molecule has 0 aliphatic carbocycles. The molecule has 2 aromatic rings. The predicted molar refractivity (Wildman–Crippen MR) is 111 cm³/mol. The Kier molecular flexibility index (Phi) is 8.33. The zero-order valence-electron chi connectivity index (χ0n) is 16.9. The summed E-state index contributed by atoms with van der Waals surface area (Å²) in [7, 11) is 1.77. The Hall–Kier alpha value is -3.03. The molecule has 4 N–H and O–H groups in total. The first-order valence-corrected chi connectivity index (χ1v) is 9.43. The number of ether oxygens (including phenoxy) is 1. The summed E-state index contributed by atoms with van der Waals surface area (Å²) >= 11 is 0. The van der Waals surface area contributed by atoms with Gasteiger partial charge in [-0.15, -0.1) is 0 Å². The molecule has 8 nitrogen and oxygen atoms in total. The van der Waals surface area contributed by atoms with Gasteiger partial charge in [-0.1, -0.05) is 12.1 Å². The van der Waals surface area contributed by atoms with E-state index in [1.54, 1.807) is 7.05 Å². The molecule has 8 heteroatoms. The maximum absolute atomic E-state index is 10.7. The maximum Gasteiger partial charge on any atom is 0.255 e. The number of benzene rings is 1. The van der Waals surface area contributed by atoms with Crippen molar-refractivity contribution in [3.8, 4) is 5.75 Å². The molecular weight excluding hydrogens is 356 g/mol. The highest BCUT2D eigenvalue weighted by Gasteiger charge is 2.02. The first kappa shape index (κ1) is 21.3. The number of rotatable bonds is 10. The summed E-state index contributed by atoms with van der Waals surface area (Å²) in [6.45, 7) is 6.44. The highest BCUT2D eigenvalue weighted by Crippen LogP contribution is 2.12. The predicted octanol–water partition coefficient (Wildman–Crippen LogP) is 1.16. The van der Waals surface area contributed by atoms with Crippen LogP contribution in [0.25, 0.3) is 0 Å². The van der Waals surface area contributed by atoms with Crippen molar-refractivity contribution in [1.29, 1.82) is 0 Å². The number of aryl methyl sites for hydroxylation is 3. The zero-order valence-corrected chi connectivity index (χ0v) is 16.9. The van der Waals surface area contributed by atoms with Crippen LogP contribution in [0, 0.1) is 13.8 Å². The van der Waals surface area contributed by atoms with Gasteiger partial charge < -0.3 is 21.1 Å². The SMILES string of the molecule is CN=C(NCCCn1nc(C)cc1C)NCCc1ccc(OCC(N)=O)cc1. The van der Waals surface area contributed by atoms with E-state index in [1.165, 1.54) is 11.3 Å². The molecule has 0 atom stereocenters. The normalized spacial score (nSPS) is 11.3. The minimum Gasteiger partial charge on any atom is -0.484 e. The lowest BCUT2D eigenvalue weighted by molar-refractivity contribution is -0.119. The van der Waals surface area contributed by atoms with Crippen molar-refractivity contribution in [3.63, 3.8) is 0 Å². The quantitative estimate of drug-likeness (QED) is 0.323. The lowest BCUT2D eigenvalue weighted by Gasteiger charge is -2.12. The van der Waals surface area contributed by atoms with E-state index >= 15 is 0 Å². The van der Waals surface area contributed by atoms with Crippen molar-refractivity contribution in [1.82, 2.24) is 20.4 Å². The molecule has 0 spiro atoms. The minimum absolute atomic E-state index is 0.109. The van der Waals surface area contributed by atoms with E-state index in [2.05, 4.69) is 33.7 Å². The summed E-state index contributed by atoms with van der Waals surface area (Å²) in [4.78, 5) is 15.0. The lowest BCUT2D eigenvalue weighted by Crippen LogP contribution is -2.39. The van der Waals surface area contributed by atoms with Crippen LogP contribution in [0.5, 0.6) is 5.75 Å². The highest BCUT2D eigenvalue weighted by atomic mass is 16.5. The number of hydrogen-bond donors (Lipinski definition) is 3. The van der Waals surface area contributed by atoms with E-state index in [0.29, 0.717) is 5.75 Å². The molecule has 1 heterocycles. The van der Waals surface area contributed by atoms with Crippen LogP contribution in [0.2, 0.25) is 0 Å². The zero-order chi connectivity index (χ0) is 20.4. The van der Waals surface area contributed by atoms with E-state index in [0.717, 1.165) is 44.1 Å².